The minimum Gasteiger partial charge on any atom is -0.462 e. The number of alkyl halides is 2. The summed E-state index contributed by atoms with van der Waals surface area (Å²) in [6.45, 7) is 0.619. The van der Waals surface area contributed by atoms with E-state index in [1.165, 1.54) is 6.92 Å². The average molecular weight is 584 g/mol. The zero-order chi connectivity index (χ0) is 27.5. The van der Waals surface area contributed by atoms with Crippen LogP contribution in [0.3, 0.4) is 0 Å². The molecule has 3 rings (SSSR count). The maximum atomic E-state index is 15.3. The number of halogens is 3. The number of benzene rings is 1. The lowest BCUT2D eigenvalue weighted by atomic mass is 10.1. The maximum absolute atomic E-state index is 15.3. The Morgan fingerprint density at radius 2 is 2.00 bits per heavy atom. The van der Waals surface area contributed by atoms with Crippen LogP contribution in [0.25, 0.3) is 0 Å². The van der Waals surface area contributed by atoms with Gasteiger partial charge in [-0.15, -0.1) is 0 Å². The lowest BCUT2D eigenvalue weighted by molar-refractivity contribution is -0.149. The molecule has 1 aromatic carbocycles. The van der Waals surface area contributed by atoms with Crippen molar-refractivity contribution in [3.05, 3.63) is 63.2 Å². The number of nitrogens with one attached hydrogen (secondary N) is 2. The molecule has 1 aromatic heterocycles. The van der Waals surface area contributed by atoms with E-state index in [2.05, 4.69) is 5.09 Å². The lowest BCUT2D eigenvalue weighted by Crippen LogP contribution is -2.42. The predicted molar refractivity (Wildman–Crippen MR) is 132 cm³/mol. The molecule has 2 heterocycles. The monoisotopic (exact) mass is 583 g/mol. The third-order valence-corrected chi connectivity index (χ3v) is 7.90. The van der Waals surface area contributed by atoms with Gasteiger partial charge in [-0.25, -0.2) is 14.3 Å². The first-order valence-corrected chi connectivity index (χ1v) is 13.9. The molecule has 1 fully saturated rings. The number of esters is 1. The van der Waals surface area contributed by atoms with E-state index in [-0.39, 0.29) is 0 Å². The highest BCUT2D eigenvalue weighted by Gasteiger charge is 2.58. The third kappa shape index (κ3) is 7.02. The van der Waals surface area contributed by atoms with E-state index in [9.17, 15) is 23.9 Å². The second-order valence-electron chi connectivity index (χ2n) is 8.32. The molecule has 204 valence electrons. The molecule has 0 bridgehead atoms. The van der Waals surface area contributed by atoms with Gasteiger partial charge in [0, 0.05) is 0 Å². The number of nitrogens with zero attached hydrogens (tertiary/aromatic N) is 1. The van der Waals surface area contributed by atoms with Crippen LogP contribution in [0.5, 0.6) is 5.75 Å². The van der Waals surface area contributed by atoms with Crippen molar-refractivity contribution < 1.29 is 37.2 Å². The fourth-order valence-corrected chi connectivity index (χ4v) is 5.96. The van der Waals surface area contributed by atoms with E-state index < -0.39 is 72.0 Å². The van der Waals surface area contributed by atoms with Gasteiger partial charge in [0.2, 0.25) is 5.82 Å². The molecule has 0 amide bonds. The average Bonchev–Trinajstić information content (AvgIpc) is 3.03. The molecule has 11 nitrogen and oxygen atoms in total. The van der Waals surface area contributed by atoms with Crippen LogP contribution in [0.2, 0.25) is 0 Å². The highest BCUT2D eigenvalue weighted by molar-refractivity contribution is 8.09. The van der Waals surface area contributed by atoms with E-state index in [1.807, 2.05) is 0 Å². The summed E-state index contributed by atoms with van der Waals surface area (Å²) in [5, 5.41) is 10.1. The largest absolute Gasteiger partial charge is 0.462 e. The van der Waals surface area contributed by atoms with Gasteiger partial charge >= 0.3 is 18.3 Å². The Balaban J connectivity index is 1.82. The Kier molecular flexibility index (Phi) is 9.27. The summed E-state index contributed by atoms with van der Waals surface area (Å²) in [6, 6.07) is 7.28. The number of H-pyrrole nitrogens is 1. The zero-order valence-corrected chi connectivity index (χ0v) is 22.3. The number of hydrogen-bond acceptors (Lipinski definition) is 9. The van der Waals surface area contributed by atoms with Crippen molar-refractivity contribution in [3.8, 4) is 5.75 Å². The van der Waals surface area contributed by atoms with E-state index in [0.717, 1.165) is 0 Å². The highest BCUT2D eigenvalue weighted by Crippen LogP contribution is 2.48. The molecule has 0 radical (unpaired) electrons. The second kappa shape index (κ2) is 11.7. The summed E-state index contributed by atoms with van der Waals surface area (Å²) in [5.74, 6) is -1.74. The second-order valence-corrected chi connectivity index (χ2v) is 12.0. The van der Waals surface area contributed by atoms with Crippen LogP contribution in [-0.4, -0.2) is 56.7 Å². The van der Waals surface area contributed by atoms with Crippen LogP contribution >= 0.6 is 18.2 Å². The van der Waals surface area contributed by atoms with Crippen molar-refractivity contribution in [2.75, 3.05) is 6.61 Å². The molecule has 1 aliphatic rings. The normalized spacial score (nSPS) is 26.0. The molecule has 0 saturated carbocycles. The summed E-state index contributed by atoms with van der Waals surface area (Å²) < 4.78 is 51.5. The van der Waals surface area contributed by atoms with Crippen molar-refractivity contribution in [2.45, 2.75) is 56.5 Å². The van der Waals surface area contributed by atoms with E-state index in [1.54, 1.807) is 49.2 Å². The maximum Gasteiger partial charge on any atom is 0.330 e. The van der Waals surface area contributed by atoms with Crippen LogP contribution in [-0.2, 0) is 30.6 Å². The van der Waals surface area contributed by atoms with E-state index in [0.29, 0.717) is 16.5 Å². The number of carbonyl (C=O) groups excluding carboxylic acids is 1. The summed E-state index contributed by atoms with van der Waals surface area (Å²) in [6.07, 6.45) is -5.62. The molecule has 37 heavy (non-hydrogen) atoms. The number of aliphatic hydroxyl groups excluding tert-OH is 1. The van der Waals surface area contributed by atoms with Gasteiger partial charge in [-0.1, -0.05) is 29.8 Å². The van der Waals surface area contributed by atoms with Crippen LogP contribution in [0.4, 0.5) is 8.78 Å². The molecule has 1 unspecified atom stereocenters. The number of aromatic amines is 1. The summed E-state index contributed by atoms with van der Waals surface area (Å²) in [4.78, 5) is 37.4. The first-order valence-electron chi connectivity index (χ1n) is 10.9. The molecule has 16 heteroatoms. The molecule has 0 aliphatic carbocycles. The van der Waals surface area contributed by atoms with Crippen molar-refractivity contribution in [1.82, 2.24) is 14.6 Å². The number of hydrogen-bond donors (Lipinski definition) is 3. The Morgan fingerprint density at radius 1 is 1.35 bits per heavy atom. The Bertz CT molecular complexity index is 1280. The molecule has 2 aromatic rings. The van der Waals surface area contributed by atoms with Crippen molar-refractivity contribution >= 4 is 36.0 Å². The Labute approximate surface area is 219 Å². The molecule has 3 N–H and O–H groups in total. The molecular weight excluding hydrogens is 559 g/mol. The Morgan fingerprint density at radius 3 is 2.62 bits per heavy atom. The first-order chi connectivity index (χ1) is 17.2. The summed E-state index contributed by atoms with van der Waals surface area (Å²) >= 11 is 11.4. The minimum absolute atomic E-state index is 0.293. The number of ether oxygens (including phenoxy) is 2. The molecule has 1 saturated heterocycles. The van der Waals surface area contributed by atoms with Crippen molar-refractivity contribution in [3.63, 3.8) is 0 Å². The highest BCUT2D eigenvalue weighted by atomic mass is 35.5. The van der Waals surface area contributed by atoms with Crippen LogP contribution in [0.1, 0.15) is 27.0 Å². The first kappa shape index (κ1) is 29.4. The van der Waals surface area contributed by atoms with Gasteiger partial charge in [0.1, 0.15) is 24.0 Å². The van der Waals surface area contributed by atoms with Gasteiger partial charge in [-0.05, 0) is 44.7 Å². The van der Waals surface area contributed by atoms with Crippen LogP contribution in [0.15, 0.2) is 46.1 Å². The lowest BCUT2D eigenvalue weighted by Gasteiger charge is -2.28. The molecular formula is C21H25ClF2N3O8PS. The number of carbonyl (C=O) groups is 1. The van der Waals surface area contributed by atoms with Gasteiger partial charge in [-0.2, -0.15) is 4.39 Å². The number of para-hydroxylation sites is 1. The SMILES string of the molecule is CC(C)OC(=O)[C@@H](C)NP(=S)(OC[C@H]1O[C@@H](n2cc(F)c(=O)[nH]c2=O)[C@](F)(Cl)[C@@H]1O)Oc1ccccc1. The van der Waals surface area contributed by atoms with Crippen molar-refractivity contribution in [1.29, 1.82) is 0 Å². The van der Waals surface area contributed by atoms with Gasteiger partial charge in [0.15, 0.2) is 6.23 Å². The third-order valence-electron chi connectivity index (χ3n) is 4.99. The van der Waals surface area contributed by atoms with Gasteiger partial charge in [-0.3, -0.25) is 19.1 Å². The number of aromatic nitrogens is 2. The fourth-order valence-electron chi connectivity index (χ4n) is 3.25. The number of rotatable bonds is 10. The van der Waals surface area contributed by atoms with Gasteiger partial charge in [0.25, 0.3) is 10.7 Å². The van der Waals surface area contributed by atoms with Gasteiger partial charge in [0.05, 0.1) is 18.9 Å². The summed E-state index contributed by atoms with van der Waals surface area (Å²) in [5.41, 5.74) is -2.54. The fraction of sp³-hybridized carbons (Fsp3) is 0.476. The van der Waals surface area contributed by atoms with Crippen LogP contribution in [0, 0.1) is 5.82 Å². The topological polar surface area (TPSA) is 141 Å². The number of aliphatic hydroxyl groups is 1. The zero-order valence-electron chi connectivity index (χ0n) is 19.8. The van der Waals surface area contributed by atoms with Gasteiger partial charge < -0.3 is 23.6 Å². The van der Waals surface area contributed by atoms with Crippen LogP contribution < -0.4 is 20.9 Å². The smallest absolute Gasteiger partial charge is 0.330 e. The molecule has 0 spiro atoms. The Hall–Kier alpha value is -2.19. The van der Waals surface area contributed by atoms with Crippen molar-refractivity contribution in [2.24, 2.45) is 0 Å². The quantitative estimate of drug-likeness (QED) is 0.216. The molecule has 6 atom stereocenters. The minimum atomic E-state index is -3.58. The summed E-state index contributed by atoms with van der Waals surface area (Å²) in [7, 11) is 0. The van der Waals surface area contributed by atoms with E-state index in [4.69, 9.17) is 41.9 Å². The standard InChI is InChI=1S/C21H25ClF2N3O8PS/c1-11(2)33-18(30)12(3)26-36(37,35-13-7-5-4-6-8-13)32-10-15-16(28)21(22,24)19(34-15)27-9-14(23)17(29)25-20(27)31/h4-9,11-12,15-16,19,28H,10H2,1-3H3,(H,26,37)(H,25,29,31)/t12-,15-,16-,19-,21+,36?/m1/s1. The predicted octanol–water partition coefficient (Wildman–Crippen LogP) is 2.09. The van der Waals surface area contributed by atoms with E-state index >= 15 is 4.39 Å². The molecule has 1 aliphatic heterocycles.